The SMILES string of the molecule is COC1CC(N)[C@H](N)C1. The summed E-state index contributed by atoms with van der Waals surface area (Å²) in [6.07, 6.45) is 2.13. The van der Waals surface area contributed by atoms with Crippen LogP contribution in [0.5, 0.6) is 0 Å². The molecule has 1 fully saturated rings. The molecule has 0 amide bonds. The number of nitrogens with two attached hydrogens (primary N) is 2. The van der Waals surface area contributed by atoms with Gasteiger partial charge in [0.1, 0.15) is 0 Å². The molecule has 3 nitrogen and oxygen atoms in total. The van der Waals surface area contributed by atoms with Crippen LogP contribution in [0, 0.1) is 0 Å². The molecule has 9 heavy (non-hydrogen) atoms. The van der Waals surface area contributed by atoms with Crippen molar-refractivity contribution in [3.8, 4) is 0 Å². The molecule has 0 heterocycles. The molecule has 0 aromatic rings. The van der Waals surface area contributed by atoms with E-state index in [1.165, 1.54) is 0 Å². The van der Waals surface area contributed by atoms with Gasteiger partial charge in [-0.2, -0.15) is 0 Å². The molecule has 1 rings (SSSR count). The number of methoxy groups -OCH3 is 1. The molecule has 0 aromatic carbocycles. The van der Waals surface area contributed by atoms with Crippen LogP contribution in [-0.2, 0) is 4.74 Å². The zero-order valence-corrected chi connectivity index (χ0v) is 5.71. The molecule has 0 bridgehead atoms. The number of rotatable bonds is 1. The van der Waals surface area contributed by atoms with Crippen LogP contribution in [0.2, 0.25) is 0 Å². The van der Waals surface area contributed by atoms with Crippen LogP contribution in [0.15, 0.2) is 0 Å². The predicted molar refractivity (Wildman–Crippen MR) is 36.0 cm³/mol. The molecule has 0 saturated heterocycles. The Kier molecular flexibility index (Phi) is 2.05. The van der Waals surface area contributed by atoms with E-state index in [9.17, 15) is 0 Å². The van der Waals surface area contributed by atoms with Gasteiger partial charge in [0.15, 0.2) is 0 Å². The largest absolute Gasteiger partial charge is 0.381 e. The molecule has 0 aliphatic heterocycles. The van der Waals surface area contributed by atoms with Crippen molar-refractivity contribution in [1.82, 2.24) is 0 Å². The van der Waals surface area contributed by atoms with Crippen LogP contribution in [0.4, 0.5) is 0 Å². The van der Waals surface area contributed by atoms with Crippen molar-refractivity contribution < 1.29 is 4.74 Å². The summed E-state index contributed by atoms with van der Waals surface area (Å²) >= 11 is 0. The van der Waals surface area contributed by atoms with E-state index in [0.29, 0.717) is 6.10 Å². The van der Waals surface area contributed by atoms with E-state index in [1.54, 1.807) is 7.11 Å². The van der Waals surface area contributed by atoms with Gasteiger partial charge in [0.2, 0.25) is 0 Å². The second kappa shape index (κ2) is 2.64. The van der Waals surface area contributed by atoms with Crippen LogP contribution in [0.1, 0.15) is 12.8 Å². The highest BCUT2D eigenvalue weighted by Crippen LogP contribution is 2.18. The lowest BCUT2D eigenvalue weighted by molar-refractivity contribution is 0.107. The molecule has 0 spiro atoms. The van der Waals surface area contributed by atoms with Gasteiger partial charge in [-0.15, -0.1) is 0 Å². The molecule has 1 aliphatic carbocycles. The third kappa shape index (κ3) is 1.41. The molecule has 4 N–H and O–H groups in total. The zero-order valence-electron chi connectivity index (χ0n) is 5.71. The van der Waals surface area contributed by atoms with Gasteiger partial charge in [-0.05, 0) is 12.8 Å². The fourth-order valence-corrected chi connectivity index (χ4v) is 1.25. The zero-order chi connectivity index (χ0) is 6.85. The first-order valence-electron chi connectivity index (χ1n) is 3.28. The van der Waals surface area contributed by atoms with Gasteiger partial charge in [0, 0.05) is 19.2 Å². The molecule has 0 radical (unpaired) electrons. The second-order valence-electron chi connectivity index (χ2n) is 2.66. The third-order valence-electron chi connectivity index (χ3n) is 1.95. The van der Waals surface area contributed by atoms with Gasteiger partial charge >= 0.3 is 0 Å². The summed E-state index contributed by atoms with van der Waals surface area (Å²) < 4.78 is 5.09. The summed E-state index contributed by atoms with van der Waals surface area (Å²) in [6.45, 7) is 0. The Morgan fingerprint density at radius 2 is 1.67 bits per heavy atom. The quantitative estimate of drug-likeness (QED) is 0.500. The summed E-state index contributed by atoms with van der Waals surface area (Å²) in [5.41, 5.74) is 11.3. The fourth-order valence-electron chi connectivity index (χ4n) is 1.25. The Labute approximate surface area is 55.4 Å². The Bertz CT molecular complexity index is 87.1. The molecule has 3 heteroatoms. The number of ether oxygens (including phenoxy) is 1. The monoisotopic (exact) mass is 130 g/mol. The van der Waals surface area contributed by atoms with Gasteiger partial charge in [0.05, 0.1) is 6.10 Å². The third-order valence-corrected chi connectivity index (χ3v) is 1.95. The predicted octanol–water partition coefficient (Wildman–Crippen LogP) is -0.550. The van der Waals surface area contributed by atoms with E-state index in [0.717, 1.165) is 12.8 Å². The lowest BCUT2D eigenvalue weighted by Crippen LogP contribution is -2.35. The maximum Gasteiger partial charge on any atom is 0.0602 e. The van der Waals surface area contributed by atoms with Crippen molar-refractivity contribution in [2.45, 2.75) is 31.0 Å². The normalized spacial score (nSPS) is 43.7. The highest BCUT2D eigenvalue weighted by molar-refractivity contribution is 4.89. The van der Waals surface area contributed by atoms with Crippen LogP contribution in [0.25, 0.3) is 0 Å². The van der Waals surface area contributed by atoms with Gasteiger partial charge in [-0.3, -0.25) is 0 Å². The lowest BCUT2D eigenvalue weighted by atomic mass is 10.2. The summed E-state index contributed by atoms with van der Waals surface area (Å²) in [4.78, 5) is 0. The van der Waals surface area contributed by atoms with E-state index >= 15 is 0 Å². The van der Waals surface area contributed by atoms with Gasteiger partial charge in [0.25, 0.3) is 0 Å². The van der Waals surface area contributed by atoms with E-state index in [2.05, 4.69) is 0 Å². The second-order valence-corrected chi connectivity index (χ2v) is 2.66. The maximum absolute atomic E-state index is 5.64. The van der Waals surface area contributed by atoms with Crippen LogP contribution >= 0.6 is 0 Å². The van der Waals surface area contributed by atoms with E-state index < -0.39 is 0 Å². The Morgan fingerprint density at radius 1 is 1.22 bits per heavy atom. The van der Waals surface area contributed by atoms with Crippen LogP contribution in [0.3, 0.4) is 0 Å². The van der Waals surface area contributed by atoms with Crippen molar-refractivity contribution in [2.75, 3.05) is 7.11 Å². The molecule has 3 atom stereocenters. The van der Waals surface area contributed by atoms with Crippen molar-refractivity contribution >= 4 is 0 Å². The minimum atomic E-state index is 0.148. The van der Waals surface area contributed by atoms with Crippen LogP contribution < -0.4 is 11.5 Å². The summed E-state index contributed by atoms with van der Waals surface area (Å²) in [6, 6.07) is 0.296. The molecule has 54 valence electrons. The number of hydrogen-bond donors (Lipinski definition) is 2. The first-order valence-corrected chi connectivity index (χ1v) is 3.28. The van der Waals surface area contributed by atoms with E-state index in [4.69, 9.17) is 16.2 Å². The summed E-state index contributed by atoms with van der Waals surface area (Å²) in [5, 5.41) is 0. The smallest absolute Gasteiger partial charge is 0.0602 e. The Balaban J connectivity index is 2.35. The minimum absolute atomic E-state index is 0.148. The lowest BCUT2D eigenvalue weighted by Gasteiger charge is -2.05. The molecule has 1 aliphatic rings. The maximum atomic E-state index is 5.64. The Hall–Kier alpha value is -0.120. The summed E-state index contributed by atoms with van der Waals surface area (Å²) in [5.74, 6) is 0. The summed E-state index contributed by atoms with van der Waals surface area (Å²) in [7, 11) is 1.70. The molecule has 1 saturated carbocycles. The highest BCUT2D eigenvalue weighted by atomic mass is 16.5. The topological polar surface area (TPSA) is 61.3 Å². The van der Waals surface area contributed by atoms with Gasteiger partial charge < -0.3 is 16.2 Å². The van der Waals surface area contributed by atoms with Gasteiger partial charge in [-0.25, -0.2) is 0 Å². The highest BCUT2D eigenvalue weighted by Gasteiger charge is 2.28. The van der Waals surface area contributed by atoms with Crippen LogP contribution in [-0.4, -0.2) is 25.3 Å². The average Bonchev–Trinajstić information content (AvgIpc) is 2.13. The van der Waals surface area contributed by atoms with Crippen molar-refractivity contribution in [3.63, 3.8) is 0 Å². The molecule has 0 aromatic heterocycles. The average molecular weight is 130 g/mol. The standard InChI is InChI=1S/C6H14N2O/c1-9-4-2-5(7)6(8)3-4/h4-6H,2-3,7-8H2,1H3/t4?,5-,6?/m1/s1. The van der Waals surface area contributed by atoms with Gasteiger partial charge in [-0.1, -0.05) is 0 Å². The van der Waals surface area contributed by atoms with Crippen molar-refractivity contribution in [3.05, 3.63) is 0 Å². The first kappa shape index (κ1) is 6.99. The fraction of sp³-hybridized carbons (Fsp3) is 1.00. The minimum Gasteiger partial charge on any atom is -0.381 e. The van der Waals surface area contributed by atoms with Crippen molar-refractivity contribution in [1.29, 1.82) is 0 Å². The molecular weight excluding hydrogens is 116 g/mol. The Morgan fingerprint density at radius 3 is 1.89 bits per heavy atom. The number of hydrogen-bond acceptors (Lipinski definition) is 3. The van der Waals surface area contributed by atoms with E-state index in [-0.39, 0.29) is 12.1 Å². The molecular formula is C6H14N2O. The first-order chi connectivity index (χ1) is 4.24. The van der Waals surface area contributed by atoms with E-state index in [1.807, 2.05) is 0 Å². The molecule has 2 unspecified atom stereocenters. The van der Waals surface area contributed by atoms with Crippen molar-refractivity contribution in [2.24, 2.45) is 11.5 Å².